The molecule has 1 aromatic heterocycles. The molecule has 0 aliphatic heterocycles. The van der Waals surface area contributed by atoms with Gasteiger partial charge in [0.15, 0.2) is 0 Å². The molecule has 2 rings (SSSR count). The zero-order valence-electron chi connectivity index (χ0n) is 11.2. The van der Waals surface area contributed by atoms with Gasteiger partial charge in [-0.2, -0.15) is 4.37 Å². The van der Waals surface area contributed by atoms with E-state index in [2.05, 4.69) is 21.9 Å². The zero-order valence-corrected chi connectivity index (χ0v) is 12.1. The fourth-order valence-electron chi connectivity index (χ4n) is 2.63. The van der Waals surface area contributed by atoms with Crippen LogP contribution in [0, 0.1) is 12.8 Å². The Morgan fingerprint density at radius 3 is 2.89 bits per heavy atom. The molecule has 4 nitrogen and oxygen atoms in total. The molecule has 1 fully saturated rings. The van der Waals surface area contributed by atoms with Crippen molar-refractivity contribution in [2.24, 2.45) is 5.92 Å². The number of carbonyl (C=O) groups excluding carboxylic acids is 1. The van der Waals surface area contributed by atoms with Gasteiger partial charge in [0.25, 0.3) is 5.91 Å². The van der Waals surface area contributed by atoms with Gasteiger partial charge in [-0.3, -0.25) is 4.79 Å². The Balaban J connectivity index is 2.05. The molecule has 1 aromatic rings. The molecule has 0 bridgehead atoms. The maximum absolute atomic E-state index is 12.3. The van der Waals surface area contributed by atoms with Crippen molar-refractivity contribution in [1.82, 2.24) is 9.69 Å². The molecule has 2 atom stereocenters. The van der Waals surface area contributed by atoms with E-state index in [1.54, 1.807) is 0 Å². The smallest absolute Gasteiger partial charge is 0.256 e. The van der Waals surface area contributed by atoms with Crippen LogP contribution in [0.15, 0.2) is 0 Å². The molecule has 0 radical (unpaired) electrons. The fraction of sp³-hybridized carbons (Fsp3) is 0.692. The van der Waals surface area contributed by atoms with Gasteiger partial charge in [0.1, 0.15) is 5.00 Å². The van der Waals surface area contributed by atoms with E-state index in [1.165, 1.54) is 24.4 Å². The van der Waals surface area contributed by atoms with Crippen LogP contribution >= 0.6 is 11.5 Å². The minimum absolute atomic E-state index is 0.0182. The number of nitrogens with zero attached hydrogens (tertiary/aromatic N) is 1. The lowest BCUT2D eigenvalue weighted by molar-refractivity contribution is 0.0922. The summed E-state index contributed by atoms with van der Waals surface area (Å²) in [5.41, 5.74) is 1.52. The van der Waals surface area contributed by atoms with Gasteiger partial charge >= 0.3 is 0 Å². The van der Waals surface area contributed by atoms with Gasteiger partial charge in [-0.05, 0) is 37.2 Å². The van der Waals surface area contributed by atoms with Crippen molar-refractivity contribution in [1.29, 1.82) is 0 Å². The highest BCUT2D eigenvalue weighted by molar-refractivity contribution is 7.10. The number of aromatic nitrogens is 1. The summed E-state index contributed by atoms with van der Waals surface area (Å²) in [7, 11) is 1.83. The normalized spacial score (nSPS) is 23.7. The van der Waals surface area contributed by atoms with Crippen LogP contribution < -0.4 is 10.6 Å². The second-order valence-corrected chi connectivity index (χ2v) is 5.94. The summed E-state index contributed by atoms with van der Waals surface area (Å²) >= 11 is 1.35. The zero-order chi connectivity index (χ0) is 13.1. The van der Waals surface area contributed by atoms with E-state index in [9.17, 15) is 4.79 Å². The standard InChI is InChI=1S/C13H21N3OS/c1-8-5-4-6-10(7-8)15-12(17)11-9(2)16-18-13(11)14-3/h8,10,14H,4-7H2,1-3H3,(H,15,17)/t8-,10-/m1/s1. The Bertz CT molecular complexity index is 430. The molecule has 1 amide bonds. The van der Waals surface area contributed by atoms with Crippen LogP contribution in [0.4, 0.5) is 5.00 Å². The maximum atomic E-state index is 12.3. The molecule has 0 aromatic carbocycles. The van der Waals surface area contributed by atoms with E-state index in [-0.39, 0.29) is 5.91 Å². The molecule has 1 saturated carbocycles. The van der Waals surface area contributed by atoms with Gasteiger partial charge in [0.2, 0.25) is 0 Å². The third-order valence-corrected chi connectivity index (χ3v) is 4.54. The Morgan fingerprint density at radius 2 is 2.22 bits per heavy atom. The molecular weight excluding hydrogens is 246 g/mol. The summed E-state index contributed by atoms with van der Waals surface area (Å²) in [4.78, 5) is 12.3. The number of hydrogen-bond acceptors (Lipinski definition) is 4. The minimum Gasteiger partial charge on any atom is -0.378 e. The molecule has 1 aliphatic carbocycles. The van der Waals surface area contributed by atoms with E-state index < -0.39 is 0 Å². The number of rotatable bonds is 3. The molecule has 0 spiro atoms. The SMILES string of the molecule is CNc1snc(C)c1C(=O)N[C@@H]1CCC[C@@H](C)C1. The van der Waals surface area contributed by atoms with Gasteiger partial charge in [-0.25, -0.2) is 0 Å². The van der Waals surface area contributed by atoms with Crippen molar-refractivity contribution in [3.05, 3.63) is 11.3 Å². The lowest BCUT2D eigenvalue weighted by atomic mass is 9.87. The summed E-state index contributed by atoms with van der Waals surface area (Å²) in [5, 5.41) is 7.05. The summed E-state index contributed by atoms with van der Waals surface area (Å²) < 4.78 is 4.23. The third-order valence-electron chi connectivity index (χ3n) is 3.59. The number of hydrogen-bond donors (Lipinski definition) is 2. The quantitative estimate of drug-likeness (QED) is 0.885. The Morgan fingerprint density at radius 1 is 1.44 bits per heavy atom. The van der Waals surface area contributed by atoms with Crippen LogP contribution in [0.1, 0.15) is 48.7 Å². The lowest BCUT2D eigenvalue weighted by Crippen LogP contribution is -2.38. The topological polar surface area (TPSA) is 54.0 Å². The number of nitrogens with one attached hydrogen (secondary N) is 2. The first-order valence-corrected chi connectivity index (χ1v) is 7.34. The summed E-state index contributed by atoms with van der Waals surface area (Å²) in [6.45, 7) is 4.14. The molecule has 1 aliphatic rings. The van der Waals surface area contributed by atoms with Crippen LogP contribution in [0.2, 0.25) is 0 Å². The highest BCUT2D eigenvalue weighted by atomic mass is 32.1. The Hall–Kier alpha value is -1.10. The molecule has 1 heterocycles. The van der Waals surface area contributed by atoms with Gasteiger partial charge in [-0.15, -0.1) is 0 Å². The molecule has 18 heavy (non-hydrogen) atoms. The van der Waals surface area contributed by atoms with E-state index in [1.807, 2.05) is 14.0 Å². The van der Waals surface area contributed by atoms with Gasteiger partial charge in [0.05, 0.1) is 11.3 Å². The van der Waals surface area contributed by atoms with Crippen LogP contribution in [0.3, 0.4) is 0 Å². The number of aryl methyl sites for hydroxylation is 1. The fourth-order valence-corrected chi connectivity index (χ4v) is 3.37. The van der Waals surface area contributed by atoms with Crippen LogP contribution in [-0.4, -0.2) is 23.4 Å². The van der Waals surface area contributed by atoms with Crippen LogP contribution in [0.5, 0.6) is 0 Å². The minimum atomic E-state index is 0.0182. The first-order valence-electron chi connectivity index (χ1n) is 6.56. The highest BCUT2D eigenvalue weighted by Gasteiger charge is 2.24. The maximum Gasteiger partial charge on any atom is 0.256 e. The molecule has 5 heteroatoms. The number of amides is 1. The van der Waals surface area contributed by atoms with Gasteiger partial charge in [0, 0.05) is 13.1 Å². The van der Waals surface area contributed by atoms with Crippen molar-refractivity contribution < 1.29 is 4.79 Å². The van der Waals surface area contributed by atoms with E-state index in [4.69, 9.17) is 0 Å². The average molecular weight is 267 g/mol. The van der Waals surface area contributed by atoms with E-state index >= 15 is 0 Å². The third kappa shape index (κ3) is 2.83. The summed E-state index contributed by atoms with van der Waals surface area (Å²) in [6, 6.07) is 0.324. The van der Waals surface area contributed by atoms with Gasteiger partial charge in [-0.1, -0.05) is 19.8 Å². The predicted octanol–water partition coefficient (Wildman–Crippen LogP) is 2.80. The molecule has 0 unspecified atom stereocenters. The lowest BCUT2D eigenvalue weighted by Gasteiger charge is -2.27. The Labute approximate surface area is 112 Å². The van der Waals surface area contributed by atoms with E-state index in [0.717, 1.165) is 29.5 Å². The van der Waals surface area contributed by atoms with Crippen molar-refractivity contribution in [3.8, 4) is 0 Å². The highest BCUT2D eigenvalue weighted by Crippen LogP contribution is 2.26. The monoisotopic (exact) mass is 267 g/mol. The van der Waals surface area contributed by atoms with Crippen LogP contribution in [-0.2, 0) is 0 Å². The van der Waals surface area contributed by atoms with Crippen molar-refractivity contribution >= 4 is 22.4 Å². The summed E-state index contributed by atoms with van der Waals surface area (Å²) in [5.74, 6) is 0.735. The predicted molar refractivity (Wildman–Crippen MR) is 75.3 cm³/mol. The Kier molecular flexibility index (Phi) is 4.22. The van der Waals surface area contributed by atoms with Crippen molar-refractivity contribution in [3.63, 3.8) is 0 Å². The number of anilines is 1. The summed E-state index contributed by atoms with van der Waals surface area (Å²) in [6.07, 6.45) is 4.69. The van der Waals surface area contributed by atoms with Gasteiger partial charge < -0.3 is 10.6 Å². The second-order valence-electron chi connectivity index (χ2n) is 5.16. The molecule has 2 N–H and O–H groups in total. The molecule has 0 saturated heterocycles. The molecular formula is C13H21N3OS. The largest absolute Gasteiger partial charge is 0.378 e. The first-order chi connectivity index (χ1) is 8.61. The van der Waals surface area contributed by atoms with Crippen molar-refractivity contribution in [2.75, 3.05) is 12.4 Å². The molecule has 100 valence electrons. The average Bonchev–Trinajstić information content (AvgIpc) is 2.70. The van der Waals surface area contributed by atoms with Crippen LogP contribution in [0.25, 0.3) is 0 Å². The van der Waals surface area contributed by atoms with E-state index in [0.29, 0.717) is 11.6 Å². The second kappa shape index (κ2) is 5.69. The number of carbonyl (C=O) groups is 1. The van der Waals surface area contributed by atoms with Crippen molar-refractivity contribution in [2.45, 2.75) is 45.6 Å². The first kappa shape index (κ1) is 13.3.